The first-order valence-corrected chi connectivity index (χ1v) is 13.6. The van der Waals surface area contributed by atoms with Crippen molar-refractivity contribution < 1.29 is 15.0 Å². The molecule has 4 N–H and O–H groups in total. The van der Waals surface area contributed by atoms with Crippen molar-refractivity contribution in [3.05, 3.63) is 30.3 Å². The Morgan fingerprint density at radius 1 is 1.05 bits per heavy atom. The summed E-state index contributed by atoms with van der Waals surface area (Å²) < 4.78 is 2.01. The number of para-hydroxylation sites is 1. The number of anilines is 1. The molecule has 0 spiro atoms. The topological polar surface area (TPSA) is 134 Å². The number of nitrogens with zero attached hydrogens (tertiary/aromatic N) is 6. The maximum absolute atomic E-state index is 11.1. The first-order chi connectivity index (χ1) is 18.2. The van der Waals surface area contributed by atoms with E-state index in [2.05, 4.69) is 25.1 Å². The van der Waals surface area contributed by atoms with Crippen LogP contribution >= 0.6 is 0 Å². The van der Waals surface area contributed by atoms with Gasteiger partial charge < -0.3 is 25.7 Å². The molecule has 2 fully saturated rings. The highest BCUT2D eigenvalue weighted by molar-refractivity contribution is 5.87. The van der Waals surface area contributed by atoms with Gasteiger partial charge in [-0.2, -0.15) is 5.10 Å². The number of rotatable bonds is 8. The minimum atomic E-state index is -0.719. The number of phenolic OH excluding ortho intramolecular Hbond substituents is 1. The van der Waals surface area contributed by atoms with E-state index < -0.39 is 5.97 Å². The summed E-state index contributed by atoms with van der Waals surface area (Å²) in [6.45, 7) is 10.2. The van der Waals surface area contributed by atoms with E-state index in [-0.39, 0.29) is 23.6 Å². The number of likely N-dealkylation sites (tertiary alicyclic amines) is 2. The fourth-order valence-corrected chi connectivity index (χ4v) is 6.17. The number of carboxylic acid groups (broad SMARTS) is 1. The molecule has 5 rings (SSSR count). The number of nitrogens with two attached hydrogens (primary N) is 1. The summed E-state index contributed by atoms with van der Waals surface area (Å²) in [5.41, 5.74) is 8.70. The number of carboxylic acids is 1. The summed E-state index contributed by atoms with van der Waals surface area (Å²) in [6.07, 6.45) is 4.52. The van der Waals surface area contributed by atoms with Crippen LogP contribution in [0.4, 0.5) is 5.82 Å². The zero-order chi connectivity index (χ0) is 26.9. The Bertz CT molecular complexity index is 1270. The Labute approximate surface area is 223 Å². The number of fused-ring (bicyclic) bond motifs is 1. The second-order valence-electron chi connectivity index (χ2n) is 11.8. The first-order valence-electron chi connectivity index (χ1n) is 13.6. The molecule has 2 saturated heterocycles. The second-order valence-corrected chi connectivity index (χ2v) is 11.8. The van der Waals surface area contributed by atoms with Gasteiger partial charge >= 0.3 is 5.97 Å². The number of hydrogen-bond donors (Lipinski definition) is 3. The van der Waals surface area contributed by atoms with Crippen molar-refractivity contribution in [2.24, 2.45) is 11.3 Å². The van der Waals surface area contributed by atoms with Crippen LogP contribution in [-0.2, 0) is 4.79 Å². The highest BCUT2D eigenvalue weighted by Crippen LogP contribution is 2.33. The molecule has 0 unspecified atom stereocenters. The Morgan fingerprint density at radius 3 is 2.42 bits per heavy atom. The van der Waals surface area contributed by atoms with Crippen LogP contribution in [0.2, 0.25) is 0 Å². The largest absolute Gasteiger partial charge is 0.507 e. The average molecular weight is 522 g/mol. The van der Waals surface area contributed by atoms with Crippen molar-refractivity contribution in [1.29, 1.82) is 0 Å². The lowest BCUT2D eigenvalue weighted by Gasteiger charge is -2.39. The molecule has 0 aliphatic carbocycles. The molecule has 2 aliphatic rings. The summed E-state index contributed by atoms with van der Waals surface area (Å²) in [5.74, 6) is 0.520. The molecule has 3 aromatic rings. The predicted octanol–water partition coefficient (Wildman–Crippen LogP) is 3.63. The average Bonchev–Trinajstić information content (AvgIpc) is 3.20. The van der Waals surface area contributed by atoms with Crippen LogP contribution in [0.1, 0.15) is 52.0 Å². The van der Waals surface area contributed by atoms with Gasteiger partial charge in [-0.25, -0.2) is 0 Å². The number of phenols is 1. The van der Waals surface area contributed by atoms with Gasteiger partial charge in [0.15, 0.2) is 11.3 Å². The van der Waals surface area contributed by atoms with E-state index >= 15 is 0 Å². The van der Waals surface area contributed by atoms with Gasteiger partial charge in [-0.1, -0.05) is 26.0 Å². The van der Waals surface area contributed by atoms with E-state index in [1.807, 2.05) is 36.7 Å². The Morgan fingerprint density at radius 2 is 1.74 bits per heavy atom. The highest BCUT2D eigenvalue weighted by Gasteiger charge is 2.30. The molecule has 0 saturated carbocycles. The van der Waals surface area contributed by atoms with E-state index in [4.69, 9.17) is 10.8 Å². The van der Waals surface area contributed by atoms with Crippen LogP contribution < -0.4 is 5.73 Å². The summed E-state index contributed by atoms with van der Waals surface area (Å²) in [7, 11) is 0. The van der Waals surface area contributed by atoms with Crippen LogP contribution in [0.5, 0.6) is 5.75 Å². The summed E-state index contributed by atoms with van der Waals surface area (Å²) in [5, 5.41) is 32.7. The van der Waals surface area contributed by atoms with Crippen LogP contribution in [-0.4, -0.2) is 85.2 Å². The van der Waals surface area contributed by atoms with Crippen LogP contribution in [0.3, 0.4) is 0 Å². The number of aliphatic carboxylic acids is 1. The highest BCUT2D eigenvalue weighted by atomic mass is 16.4. The molecule has 38 heavy (non-hydrogen) atoms. The minimum Gasteiger partial charge on any atom is -0.507 e. The van der Waals surface area contributed by atoms with Gasteiger partial charge in [0, 0.05) is 31.7 Å². The van der Waals surface area contributed by atoms with Crippen LogP contribution in [0.15, 0.2) is 30.3 Å². The summed E-state index contributed by atoms with van der Waals surface area (Å²) in [4.78, 5) is 16.2. The molecule has 2 aliphatic heterocycles. The SMILES string of the molecule is CC(C)(CC(=O)O)CN1CCC(CN2CCC(n3nc(N)c4nnc(-c5ccccc5O)cc43)CC2)CC1. The number of carbonyl (C=O) groups is 1. The monoisotopic (exact) mass is 521 g/mol. The molecule has 0 atom stereocenters. The third-order valence-electron chi connectivity index (χ3n) is 8.07. The van der Waals surface area contributed by atoms with Gasteiger partial charge in [-0.3, -0.25) is 9.48 Å². The molecule has 2 aromatic heterocycles. The summed E-state index contributed by atoms with van der Waals surface area (Å²) in [6, 6.07) is 9.30. The van der Waals surface area contributed by atoms with E-state index in [9.17, 15) is 9.90 Å². The number of benzene rings is 1. The van der Waals surface area contributed by atoms with Crippen LogP contribution in [0.25, 0.3) is 22.3 Å². The zero-order valence-corrected chi connectivity index (χ0v) is 22.4. The molecular weight excluding hydrogens is 482 g/mol. The lowest BCUT2D eigenvalue weighted by Crippen LogP contribution is -2.44. The normalized spacial score (nSPS) is 18.8. The van der Waals surface area contributed by atoms with E-state index in [0.717, 1.165) is 70.5 Å². The van der Waals surface area contributed by atoms with Crippen molar-refractivity contribution >= 4 is 22.8 Å². The van der Waals surface area contributed by atoms with Gasteiger partial charge in [0.1, 0.15) is 5.75 Å². The van der Waals surface area contributed by atoms with E-state index in [1.165, 1.54) is 0 Å². The number of hydrogen-bond acceptors (Lipinski definition) is 8. The van der Waals surface area contributed by atoms with Gasteiger partial charge in [0.05, 0.1) is 23.7 Å². The third-order valence-corrected chi connectivity index (χ3v) is 8.07. The second kappa shape index (κ2) is 10.9. The Kier molecular flexibility index (Phi) is 7.54. The summed E-state index contributed by atoms with van der Waals surface area (Å²) >= 11 is 0. The van der Waals surface area contributed by atoms with Crippen molar-refractivity contribution in [2.45, 2.75) is 52.0 Å². The van der Waals surface area contributed by atoms with Crippen LogP contribution in [0, 0.1) is 11.3 Å². The Hall–Kier alpha value is -3.24. The lowest BCUT2D eigenvalue weighted by atomic mass is 9.87. The molecule has 0 amide bonds. The van der Waals surface area contributed by atoms with Gasteiger partial charge in [-0.15, -0.1) is 10.2 Å². The van der Waals surface area contributed by atoms with Crippen molar-refractivity contribution in [3.63, 3.8) is 0 Å². The molecule has 4 heterocycles. The van der Waals surface area contributed by atoms with Gasteiger partial charge in [0.2, 0.25) is 0 Å². The number of piperidine rings is 2. The molecular formula is C28H39N7O3. The Balaban J connectivity index is 1.17. The van der Waals surface area contributed by atoms with Crippen molar-refractivity contribution in [2.75, 3.05) is 45.0 Å². The van der Waals surface area contributed by atoms with Crippen molar-refractivity contribution in [3.8, 4) is 17.0 Å². The zero-order valence-electron chi connectivity index (χ0n) is 22.4. The smallest absolute Gasteiger partial charge is 0.303 e. The van der Waals surface area contributed by atoms with Gasteiger partial charge in [-0.05, 0) is 68.3 Å². The standard InChI is InChI=1S/C28H39N7O3/c1-28(2,16-25(37)38)18-34-11-7-19(8-12-34)17-33-13-9-20(10-14-33)35-23-15-22(21-5-3-4-6-24(21)36)30-31-26(23)27(29)32-35/h3-6,15,19-20,36H,7-14,16-18H2,1-2H3,(H2,29,32)(H,37,38). The number of nitrogen functional groups attached to an aromatic ring is 1. The van der Waals surface area contributed by atoms with E-state index in [0.29, 0.717) is 28.5 Å². The third kappa shape index (κ3) is 5.91. The molecule has 1 aromatic carbocycles. The maximum Gasteiger partial charge on any atom is 0.303 e. The van der Waals surface area contributed by atoms with E-state index in [1.54, 1.807) is 12.1 Å². The fourth-order valence-electron chi connectivity index (χ4n) is 6.17. The first kappa shape index (κ1) is 26.4. The fraction of sp³-hybridized carbons (Fsp3) is 0.571. The van der Waals surface area contributed by atoms with Gasteiger partial charge in [0.25, 0.3) is 0 Å². The quantitative estimate of drug-likeness (QED) is 0.406. The molecule has 0 radical (unpaired) electrons. The number of aromatic hydroxyl groups is 1. The minimum absolute atomic E-state index is 0.170. The molecule has 10 nitrogen and oxygen atoms in total. The molecule has 0 bridgehead atoms. The molecule has 10 heteroatoms. The van der Waals surface area contributed by atoms with Crippen molar-refractivity contribution in [1.82, 2.24) is 29.8 Å². The molecule has 204 valence electrons. The maximum atomic E-state index is 11.1. The lowest BCUT2D eigenvalue weighted by molar-refractivity contribution is -0.139. The predicted molar refractivity (Wildman–Crippen MR) is 147 cm³/mol. The number of aromatic nitrogens is 4.